The first-order valence-electron chi connectivity index (χ1n) is 6.36. The Labute approximate surface area is 134 Å². The van der Waals surface area contributed by atoms with Crippen LogP contribution >= 0.6 is 22.9 Å². The van der Waals surface area contributed by atoms with Crippen molar-refractivity contribution in [2.45, 2.75) is 10.3 Å². The Morgan fingerprint density at radius 1 is 1.24 bits per heavy atom. The number of hydrogen-bond donors (Lipinski definition) is 1. The summed E-state index contributed by atoms with van der Waals surface area (Å²) in [5.74, 6) is 0. The highest BCUT2D eigenvalue weighted by Gasteiger charge is 2.21. The van der Waals surface area contributed by atoms with Gasteiger partial charge in [-0.25, -0.2) is 13.1 Å². The summed E-state index contributed by atoms with van der Waals surface area (Å²) in [6.45, 7) is 0.261. The molecule has 0 aliphatic carbocycles. The van der Waals surface area contributed by atoms with Crippen LogP contribution in [0, 0.1) is 0 Å². The zero-order chi connectivity index (χ0) is 15.5. The van der Waals surface area contributed by atoms with E-state index in [-0.39, 0.29) is 12.6 Å². The molecular weight excluding hydrogens is 328 g/mol. The standard InChI is InChI=1S/C14H17ClN2O2S2/c1-17(2)13(11-6-3-4-7-12(11)15)10-16-21(18,19)14-8-5-9-20-14/h3-9,13,16H,10H2,1-2H3/t13-/m1/s1. The van der Waals surface area contributed by atoms with Crippen LogP contribution in [0.3, 0.4) is 0 Å². The van der Waals surface area contributed by atoms with Crippen molar-refractivity contribution >= 4 is 33.0 Å². The van der Waals surface area contributed by atoms with Gasteiger partial charge in [0, 0.05) is 17.6 Å². The molecule has 4 nitrogen and oxygen atoms in total. The fourth-order valence-corrected chi connectivity index (χ4v) is 4.33. The van der Waals surface area contributed by atoms with Crippen molar-refractivity contribution in [2.75, 3.05) is 20.6 Å². The molecule has 7 heteroatoms. The van der Waals surface area contributed by atoms with E-state index in [9.17, 15) is 8.42 Å². The van der Waals surface area contributed by atoms with Crippen molar-refractivity contribution in [2.24, 2.45) is 0 Å². The molecule has 1 aromatic heterocycles. The molecule has 114 valence electrons. The van der Waals surface area contributed by atoms with E-state index in [2.05, 4.69) is 4.72 Å². The second-order valence-corrected chi connectivity index (χ2v) is 8.13. The van der Waals surface area contributed by atoms with E-state index >= 15 is 0 Å². The molecule has 0 bridgehead atoms. The average molecular weight is 345 g/mol. The summed E-state index contributed by atoms with van der Waals surface area (Å²) < 4.78 is 27.3. The molecule has 0 aliphatic heterocycles. The molecule has 0 fully saturated rings. The quantitative estimate of drug-likeness (QED) is 0.876. The molecule has 0 radical (unpaired) electrons. The first kappa shape index (κ1) is 16.5. The lowest BCUT2D eigenvalue weighted by molar-refractivity contribution is 0.299. The molecule has 0 unspecified atom stereocenters. The summed E-state index contributed by atoms with van der Waals surface area (Å²) in [6.07, 6.45) is 0. The van der Waals surface area contributed by atoms with Gasteiger partial charge in [-0.15, -0.1) is 11.3 Å². The fraction of sp³-hybridized carbons (Fsp3) is 0.286. The van der Waals surface area contributed by atoms with Gasteiger partial charge in [0.1, 0.15) is 4.21 Å². The summed E-state index contributed by atoms with van der Waals surface area (Å²) in [6, 6.07) is 10.6. The number of nitrogens with one attached hydrogen (secondary N) is 1. The zero-order valence-corrected chi connectivity index (χ0v) is 14.2. The van der Waals surface area contributed by atoms with Crippen LogP contribution in [0.15, 0.2) is 46.0 Å². The molecule has 0 saturated heterocycles. The van der Waals surface area contributed by atoms with Gasteiger partial charge in [-0.2, -0.15) is 0 Å². The van der Waals surface area contributed by atoms with E-state index in [1.165, 1.54) is 11.3 Å². The number of nitrogens with zero attached hydrogens (tertiary/aromatic N) is 1. The van der Waals surface area contributed by atoms with Crippen molar-refractivity contribution < 1.29 is 8.42 Å². The summed E-state index contributed by atoms with van der Waals surface area (Å²) in [5.41, 5.74) is 0.901. The van der Waals surface area contributed by atoms with Gasteiger partial charge in [0.15, 0.2) is 0 Å². The van der Waals surface area contributed by atoms with Crippen molar-refractivity contribution in [3.63, 3.8) is 0 Å². The van der Waals surface area contributed by atoms with Gasteiger partial charge in [0.25, 0.3) is 0 Å². The van der Waals surface area contributed by atoms with Crippen molar-refractivity contribution in [3.05, 3.63) is 52.4 Å². The van der Waals surface area contributed by atoms with Gasteiger partial charge in [0.2, 0.25) is 10.0 Å². The third kappa shape index (κ3) is 4.05. The first-order chi connectivity index (χ1) is 9.92. The van der Waals surface area contributed by atoms with Gasteiger partial charge < -0.3 is 4.90 Å². The van der Waals surface area contributed by atoms with Crippen LogP contribution in [0.2, 0.25) is 5.02 Å². The average Bonchev–Trinajstić information content (AvgIpc) is 2.95. The van der Waals surface area contributed by atoms with Crippen LogP contribution in [-0.4, -0.2) is 34.0 Å². The summed E-state index contributed by atoms with van der Waals surface area (Å²) in [5, 5.41) is 2.37. The molecule has 0 aliphatic rings. The fourth-order valence-electron chi connectivity index (χ4n) is 1.99. The van der Waals surface area contributed by atoms with Crippen LogP contribution < -0.4 is 4.72 Å². The van der Waals surface area contributed by atoms with Crippen LogP contribution in [0.5, 0.6) is 0 Å². The molecule has 1 heterocycles. The number of benzene rings is 1. The molecule has 2 aromatic rings. The number of thiophene rings is 1. The van der Waals surface area contributed by atoms with E-state index in [0.29, 0.717) is 9.23 Å². The highest BCUT2D eigenvalue weighted by molar-refractivity contribution is 7.91. The smallest absolute Gasteiger partial charge is 0.250 e. The topological polar surface area (TPSA) is 49.4 Å². The van der Waals surface area contributed by atoms with Crippen molar-refractivity contribution in [3.8, 4) is 0 Å². The van der Waals surface area contributed by atoms with Crippen molar-refractivity contribution in [1.29, 1.82) is 0 Å². The molecule has 0 amide bonds. The second kappa shape index (κ2) is 6.89. The third-order valence-corrected chi connectivity index (χ3v) is 6.28. The molecule has 0 saturated carbocycles. The number of rotatable bonds is 6. The lowest BCUT2D eigenvalue weighted by Crippen LogP contribution is -2.34. The van der Waals surface area contributed by atoms with E-state index in [1.54, 1.807) is 23.6 Å². The van der Waals surface area contributed by atoms with Gasteiger partial charge in [0.05, 0.1) is 0 Å². The van der Waals surface area contributed by atoms with E-state index < -0.39 is 10.0 Å². The minimum Gasteiger partial charge on any atom is -0.301 e. The maximum Gasteiger partial charge on any atom is 0.250 e. The van der Waals surface area contributed by atoms with Crippen LogP contribution in [0.4, 0.5) is 0 Å². The second-order valence-electron chi connectivity index (χ2n) is 4.78. The highest BCUT2D eigenvalue weighted by atomic mass is 35.5. The highest BCUT2D eigenvalue weighted by Crippen LogP contribution is 2.26. The normalized spacial score (nSPS) is 13.5. The lowest BCUT2D eigenvalue weighted by Gasteiger charge is -2.25. The van der Waals surface area contributed by atoms with Gasteiger partial charge >= 0.3 is 0 Å². The summed E-state index contributed by atoms with van der Waals surface area (Å²) in [4.78, 5) is 1.94. The Hall–Kier alpha value is -0.920. The third-order valence-electron chi connectivity index (χ3n) is 3.11. The molecule has 0 spiro atoms. The van der Waals surface area contributed by atoms with Crippen molar-refractivity contribution in [1.82, 2.24) is 9.62 Å². The zero-order valence-electron chi connectivity index (χ0n) is 11.8. The number of likely N-dealkylation sites (N-methyl/N-ethyl adjacent to an activating group) is 1. The molecule has 1 N–H and O–H groups in total. The van der Waals surface area contributed by atoms with E-state index in [4.69, 9.17) is 11.6 Å². The van der Waals surface area contributed by atoms with Gasteiger partial charge in [-0.1, -0.05) is 35.9 Å². The number of sulfonamides is 1. The first-order valence-corrected chi connectivity index (χ1v) is 9.10. The predicted octanol–water partition coefficient (Wildman–Crippen LogP) is 2.98. The Balaban J connectivity index is 2.17. The van der Waals surface area contributed by atoms with Crippen LogP contribution in [-0.2, 0) is 10.0 Å². The Kier molecular flexibility index (Phi) is 5.40. The van der Waals surface area contributed by atoms with E-state index in [0.717, 1.165) is 5.56 Å². The minimum absolute atomic E-state index is 0.131. The number of halogens is 1. The maximum absolute atomic E-state index is 12.2. The summed E-state index contributed by atoms with van der Waals surface area (Å²) in [7, 11) is 0.325. The Morgan fingerprint density at radius 3 is 2.52 bits per heavy atom. The van der Waals surface area contributed by atoms with Crippen LogP contribution in [0.25, 0.3) is 0 Å². The molecule has 21 heavy (non-hydrogen) atoms. The molecule has 1 atom stereocenters. The van der Waals surface area contributed by atoms with Gasteiger partial charge in [-0.05, 0) is 37.2 Å². The maximum atomic E-state index is 12.2. The number of hydrogen-bond acceptors (Lipinski definition) is 4. The Bertz CT molecular complexity index is 685. The monoisotopic (exact) mass is 344 g/mol. The van der Waals surface area contributed by atoms with Gasteiger partial charge in [-0.3, -0.25) is 0 Å². The SMILES string of the molecule is CN(C)[C@H](CNS(=O)(=O)c1cccs1)c1ccccc1Cl. The lowest BCUT2D eigenvalue weighted by atomic mass is 10.1. The minimum atomic E-state index is -3.47. The molecule has 1 aromatic carbocycles. The summed E-state index contributed by atoms with van der Waals surface area (Å²) >= 11 is 7.41. The van der Waals surface area contributed by atoms with E-state index in [1.807, 2.05) is 37.2 Å². The molecule has 2 rings (SSSR count). The molecular formula is C14H17ClN2O2S2. The Morgan fingerprint density at radius 2 is 1.95 bits per heavy atom. The van der Waals surface area contributed by atoms with Crippen LogP contribution in [0.1, 0.15) is 11.6 Å². The largest absolute Gasteiger partial charge is 0.301 e. The predicted molar refractivity (Wildman–Crippen MR) is 87.4 cm³/mol.